The molecular weight excluding hydrogens is 134 g/mol. The van der Waals surface area contributed by atoms with Crippen molar-refractivity contribution in [2.24, 2.45) is 0 Å². The van der Waals surface area contributed by atoms with Gasteiger partial charge in [-0.15, -0.1) is 0 Å². The smallest absolute Gasteiger partial charge is 0.269 e. The molecule has 0 fully saturated rings. The first kappa shape index (κ1) is 6.45. The Labute approximate surface area is 56.2 Å². The first-order valence-electron chi connectivity index (χ1n) is 2.52. The molecule has 50 valence electrons. The first-order chi connectivity index (χ1) is 4.74. The summed E-state index contributed by atoms with van der Waals surface area (Å²) in [5.41, 5.74) is -0.153. The van der Waals surface area contributed by atoms with Crippen molar-refractivity contribution in [3.05, 3.63) is 17.7 Å². The van der Waals surface area contributed by atoms with Gasteiger partial charge in [0.05, 0.1) is 0 Å². The second kappa shape index (κ2) is 2.29. The highest BCUT2D eigenvalue weighted by molar-refractivity contribution is 6.16. The quantitative estimate of drug-likeness (QED) is 0.263. The van der Waals surface area contributed by atoms with Crippen molar-refractivity contribution in [2.75, 3.05) is 0 Å². The molecule has 1 N–H and O–H groups in total. The highest BCUT2D eigenvalue weighted by Crippen LogP contribution is 1.96. The molecule has 1 aliphatic rings. The molecule has 1 heterocycles. The van der Waals surface area contributed by atoms with E-state index < -0.39 is 11.8 Å². The number of carbonyl (C=O) groups excluding carboxylic acids is 3. The van der Waals surface area contributed by atoms with E-state index in [1.54, 1.807) is 0 Å². The Morgan fingerprint density at radius 2 is 2.00 bits per heavy atom. The van der Waals surface area contributed by atoms with Gasteiger partial charge in [-0.2, -0.15) is 0 Å². The van der Waals surface area contributed by atoms with E-state index in [4.69, 9.17) is 0 Å². The molecule has 0 unspecified atom stereocenters. The second-order valence-electron chi connectivity index (χ2n) is 1.67. The van der Waals surface area contributed by atoms with Gasteiger partial charge in [0.2, 0.25) is 0 Å². The van der Waals surface area contributed by atoms with Crippen molar-refractivity contribution < 1.29 is 14.4 Å². The molecule has 0 bridgehead atoms. The van der Waals surface area contributed by atoms with Gasteiger partial charge < -0.3 is 0 Å². The predicted octanol–water partition coefficient (Wildman–Crippen LogP) is -1.04. The Bertz CT molecular complexity index is 271. The SMILES string of the molecule is O=C=C1C=CC(=O)NC1=O. The summed E-state index contributed by atoms with van der Waals surface area (Å²) in [7, 11) is 0. The molecule has 1 rings (SSSR count). The maximum atomic E-state index is 10.6. The largest absolute Gasteiger partial charge is 0.288 e. The van der Waals surface area contributed by atoms with Crippen LogP contribution < -0.4 is 5.32 Å². The molecule has 0 aromatic heterocycles. The number of hydrogen-bond acceptors (Lipinski definition) is 3. The minimum absolute atomic E-state index is 0.153. The summed E-state index contributed by atoms with van der Waals surface area (Å²) in [5, 5.41) is 1.92. The third-order valence-corrected chi connectivity index (χ3v) is 0.993. The molecule has 0 saturated carbocycles. The molecule has 0 atom stereocenters. The second-order valence-corrected chi connectivity index (χ2v) is 1.67. The van der Waals surface area contributed by atoms with Crippen LogP contribution in [0.1, 0.15) is 0 Å². The number of carbonyl (C=O) groups is 2. The Kier molecular flexibility index (Phi) is 1.48. The van der Waals surface area contributed by atoms with Crippen molar-refractivity contribution in [3.8, 4) is 0 Å². The van der Waals surface area contributed by atoms with Crippen LogP contribution in [0.4, 0.5) is 0 Å². The van der Waals surface area contributed by atoms with Crippen LogP contribution in [0.15, 0.2) is 17.7 Å². The van der Waals surface area contributed by atoms with Gasteiger partial charge in [0.15, 0.2) is 0 Å². The van der Waals surface area contributed by atoms with Gasteiger partial charge in [-0.1, -0.05) is 0 Å². The summed E-state index contributed by atoms with van der Waals surface area (Å²) in [6.07, 6.45) is 2.23. The van der Waals surface area contributed by atoms with Gasteiger partial charge in [-0.3, -0.25) is 14.9 Å². The van der Waals surface area contributed by atoms with E-state index in [2.05, 4.69) is 0 Å². The molecule has 0 radical (unpaired) electrons. The summed E-state index contributed by atoms with van der Waals surface area (Å²) in [5.74, 6) is 0.188. The molecule has 0 spiro atoms. The van der Waals surface area contributed by atoms with Gasteiger partial charge in [0.25, 0.3) is 11.8 Å². The van der Waals surface area contributed by atoms with Gasteiger partial charge in [-0.05, 0) is 6.08 Å². The van der Waals surface area contributed by atoms with Crippen molar-refractivity contribution in [1.82, 2.24) is 5.32 Å². The zero-order valence-corrected chi connectivity index (χ0v) is 4.88. The Morgan fingerprint density at radius 1 is 1.30 bits per heavy atom. The van der Waals surface area contributed by atoms with Gasteiger partial charge in [0, 0.05) is 6.08 Å². The summed E-state index contributed by atoms with van der Waals surface area (Å²) in [4.78, 5) is 30.8. The maximum absolute atomic E-state index is 10.6. The molecule has 2 amide bonds. The molecule has 1 aliphatic heterocycles. The number of rotatable bonds is 0. The van der Waals surface area contributed by atoms with Gasteiger partial charge in [0.1, 0.15) is 11.5 Å². The lowest BCUT2D eigenvalue weighted by molar-refractivity contribution is -0.126. The molecule has 4 nitrogen and oxygen atoms in total. The maximum Gasteiger partial charge on any atom is 0.269 e. The highest BCUT2D eigenvalue weighted by Gasteiger charge is 2.14. The lowest BCUT2D eigenvalue weighted by Gasteiger charge is -2.02. The van der Waals surface area contributed by atoms with E-state index in [0.717, 1.165) is 12.2 Å². The summed E-state index contributed by atoms with van der Waals surface area (Å²) in [6, 6.07) is 0. The van der Waals surface area contributed by atoms with Gasteiger partial charge >= 0.3 is 0 Å². The fourth-order valence-corrected chi connectivity index (χ4v) is 0.536. The Hall–Kier alpha value is -1.67. The van der Waals surface area contributed by atoms with Gasteiger partial charge in [-0.25, -0.2) is 4.79 Å². The van der Waals surface area contributed by atoms with Crippen molar-refractivity contribution in [2.45, 2.75) is 0 Å². The minimum atomic E-state index is -0.692. The molecule has 0 aliphatic carbocycles. The fourth-order valence-electron chi connectivity index (χ4n) is 0.536. The number of hydrogen-bond donors (Lipinski definition) is 1. The first-order valence-corrected chi connectivity index (χ1v) is 2.52. The lowest BCUT2D eigenvalue weighted by Crippen LogP contribution is -2.32. The number of nitrogens with one attached hydrogen (secondary N) is 1. The molecule has 4 heteroatoms. The average molecular weight is 137 g/mol. The highest BCUT2D eigenvalue weighted by atomic mass is 16.2. The van der Waals surface area contributed by atoms with E-state index in [0.29, 0.717) is 0 Å². The zero-order chi connectivity index (χ0) is 7.56. The Balaban J connectivity index is 3.04. The van der Waals surface area contributed by atoms with E-state index in [9.17, 15) is 14.4 Å². The predicted molar refractivity (Wildman–Crippen MR) is 31.5 cm³/mol. The van der Waals surface area contributed by atoms with Crippen LogP contribution in [0.3, 0.4) is 0 Å². The van der Waals surface area contributed by atoms with E-state index in [1.165, 1.54) is 5.94 Å². The normalized spacial score (nSPS) is 16.6. The van der Waals surface area contributed by atoms with Crippen molar-refractivity contribution in [3.63, 3.8) is 0 Å². The summed E-state index contributed by atoms with van der Waals surface area (Å²) in [6.45, 7) is 0. The van der Waals surface area contributed by atoms with E-state index in [-0.39, 0.29) is 5.57 Å². The fraction of sp³-hybridized carbons (Fsp3) is 0. The molecule has 0 aromatic carbocycles. The molecule has 0 saturated heterocycles. The van der Waals surface area contributed by atoms with Crippen LogP contribution in [0.5, 0.6) is 0 Å². The molecule has 0 aromatic rings. The van der Waals surface area contributed by atoms with E-state index in [1.807, 2.05) is 5.32 Å². The zero-order valence-electron chi connectivity index (χ0n) is 4.88. The third-order valence-electron chi connectivity index (χ3n) is 0.993. The minimum Gasteiger partial charge on any atom is -0.288 e. The number of amides is 2. The topological polar surface area (TPSA) is 63.2 Å². The van der Waals surface area contributed by atoms with Crippen LogP contribution in [0.2, 0.25) is 0 Å². The van der Waals surface area contributed by atoms with Crippen LogP contribution in [-0.2, 0) is 14.4 Å². The van der Waals surface area contributed by atoms with Crippen LogP contribution in [0.25, 0.3) is 0 Å². The van der Waals surface area contributed by atoms with E-state index >= 15 is 0 Å². The average Bonchev–Trinajstić information content (AvgIpc) is 1.88. The number of imide groups is 1. The Morgan fingerprint density at radius 3 is 2.50 bits per heavy atom. The van der Waals surface area contributed by atoms with Crippen molar-refractivity contribution >= 4 is 17.8 Å². The van der Waals surface area contributed by atoms with Crippen molar-refractivity contribution in [1.29, 1.82) is 0 Å². The monoisotopic (exact) mass is 137 g/mol. The molecular formula is C6H3NO3. The van der Waals surface area contributed by atoms with Crippen LogP contribution >= 0.6 is 0 Å². The third kappa shape index (κ3) is 1.01. The summed E-state index contributed by atoms with van der Waals surface area (Å²) >= 11 is 0. The standard InChI is InChI=1S/C6H3NO3/c8-3-4-1-2-5(9)7-6(4)10/h1-2H,(H,7,9,10). The van der Waals surface area contributed by atoms with Crippen LogP contribution in [0, 0.1) is 0 Å². The lowest BCUT2D eigenvalue weighted by atomic mass is 10.2. The van der Waals surface area contributed by atoms with Crippen LogP contribution in [-0.4, -0.2) is 17.8 Å². The molecule has 10 heavy (non-hydrogen) atoms. The summed E-state index contributed by atoms with van der Waals surface area (Å²) < 4.78 is 0.